The van der Waals surface area contributed by atoms with Crippen LogP contribution in [-0.4, -0.2) is 74.2 Å². The Hall–Kier alpha value is -7.87. The highest BCUT2D eigenvalue weighted by Crippen LogP contribution is 2.46. The van der Waals surface area contributed by atoms with E-state index in [1.165, 1.54) is 42.5 Å². The van der Waals surface area contributed by atoms with E-state index in [-0.39, 0.29) is 60.6 Å². The van der Waals surface area contributed by atoms with Crippen molar-refractivity contribution in [3.05, 3.63) is 114 Å². The van der Waals surface area contributed by atoms with E-state index in [2.05, 4.69) is 45.2 Å². The number of hydrazone groups is 1. The molecule has 24 heteroatoms. The third-order valence-corrected chi connectivity index (χ3v) is 10.3. The number of hydrogen-bond donors (Lipinski definition) is 6. The first-order valence-electron chi connectivity index (χ1n) is 17.2. The van der Waals surface area contributed by atoms with E-state index < -0.39 is 56.3 Å². The fourth-order valence-corrected chi connectivity index (χ4v) is 6.95. The molecule has 0 radical (unpaired) electrons. The summed E-state index contributed by atoms with van der Waals surface area (Å²) >= 11 is 0.414. The second kappa shape index (κ2) is 17.4. The van der Waals surface area contributed by atoms with Crippen molar-refractivity contribution >= 4 is 107 Å². The van der Waals surface area contributed by atoms with E-state index >= 15 is 0 Å². The fraction of sp³-hybridized carbons (Fsp3) is 0.0263. The summed E-state index contributed by atoms with van der Waals surface area (Å²) < 4.78 is 38.7. The van der Waals surface area contributed by atoms with Gasteiger partial charge in [0.05, 0.1) is 61.4 Å². The second-order valence-corrected chi connectivity index (χ2v) is 14.8. The van der Waals surface area contributed by atoms with Crippen molar-refractivity contribution in [3.63, 3.8) is 0 Å². The number of hydrogen-bond acceptors (Lipinski definition) is 18. The Morgan fingerprint density at radius 3 is 2.03 bits per heavy atom. The van der Waals surface area contributed by atoms with Crippen LogP contribution in [0.3, 0.4) is 0 Å². The van der Waals surface area contributed by atoms with Crippen LogP contribution in [0.1, 0.15) is 20.7 Å². The first kappa shape index (κ1) is 42.3. The normalized spacial score (nSPS) is 14.5. The molecule has 6 aromatic rings. The van der Waals surface area contributed by atoms with E-state index in [1.54, 1.807) is 30.3 Å². The summed E-state index contributed by atoms with van der Waals surface area (Å²) in [5, 5.41) is 82.8. The predicted octanol–water partition coefficient (Wildman–Crippen LogP) is 8.54. The van der Waals surface area contributed by atoms with E-state index in [0.29, 0.717) is 23.1 Å². The number of carbonyl (C=O) groups excluding carboxylic acids is 1. The van der Waals surface area contributed by atoms with Crippen molar-refractivity contribution in [1.82, 2.24) is 0 Å². The Kier molecular flexibility index (Phi) is 11.9. The summed E-state index contributed by atoms with van der Waals surface area (Å²) in [4.78, 5) is 47.8. The number of amides is 1. The number of aliphatic carboxylic acids is 1. The smallest absolute Gasteiger partial charge is 0.355 e. The molecule has 0 saturated heterocycles. The maximum absolute atomic E-state index is 13.2. The van der Waals surface area contributed by atoms with Gasteiger partial charge < -0.3 is 20.4 Å². The molecule has 312 valence electrons. The minimum Gasteiger partial charge on any atom is -0.505 e. The van der Waals surface area contributed by atoms with Gasteiger partial charge in [0.2, 0.25) is 6.04 Å². The van der Waals surface area contributed by atoms with Crippen LogP contribution in [0.15, 0.2) is 149 Å². The van der Waals surface area contributed by atoms with E-state index in [4.69, 9.17) is 5.26 Å². The van der Waals surface area contributed by atoms with Crippen molar-refractivity contribution in [1.29, 1.82) is 0 Å². The maximum Gasteiger partial charge on any atom is 0.355 e. The third-order valence-electron chi connectivity index (χ3n) is 8.79. The zero-order valence-electron chi connectivity index (χ0n) is 30.7. The van der Waals surface area contributed by atoms with Gasteiger partial charge in [-0.1, -0.05) is 35.4 Å². The minimum absolute atomic E-state index is 0.0227. The molecule has 1 aliphatic heterocycles. The van der Waals surface area contributed by atoms with Gasteiger partial charge in [-0.3, -0.25) is 9.35 Å². The molecule has 6 N–H and O–H groups in total. The molecule has 0 aliphatic carbocycles. The molecule has 0 fully saturated rings. The first-order chi connectivity index (χ1) is 29.6. The molecule has 7 rings (SSSR count). The summed E-state index contributed by atoms with van der Waals surface area (Å²) in [6, 6.07) is 21.4. The standard InChI is InChI=1S/C38H24N8O14S2/c47-34-26-16-21(39-44-32-33(38(53)54)45-46(35(32)48)23-4-2-1-3-5-23)7-6-18(26)15-30(61-60-59-55)31(34)43-42-29-11-10-28(25-9-8-24(17-27(25)29)62(56,57)58)41-40-22-13-19(36(49)50)12-20(14-22)37(51)52/h1-17,32,47,55H,(H,49,50)(H,51,52)(H,53,54)(H,56,57,58). The summed E-state index contributed by atoms with van der Waals surface area (Å²) in [5.74, 6) is -5.63. The molecule has 6 aromatic carbocycles. The topological polar surface area (TPSA) is 332 Å². The number of benzene rings is 6. The van der Waals surface area contributed by atoms with Gasteiger partial charge in [0.1, 0.15) is 5.69 Å². The minimum atomic E-state index is -4.77. The number of rotatable bonds is 14. The van der Waals surface area contributed by atoms with Gasteiger partial charge in [-0.2, -0.15) is 33.9 Å². The molecule has 1 heterocycles. The summed E-state index contributed by atoms with van der Waals surface area (Å²) in [5.41, 5.74) is -1.36. The Labute approximate surface area is 350 Å². The predicted molar refractivity (Wildman–Crippen MR) is 216 cm³/mol. The maximum atomic E-state index is 13.2. The molecular formula is C38H24N8O14S2. The number of azo groups is 3. The molecule has 0 saturated carbocycles. The number of anilines is 1. The fourth-order valence-electron chi connectivity index (χ4n) is 5.95. The number of carboxylic acids is 3. The van der Waals surface area contributed by atoms with Crippen molar-refractivity contribution < 1.29 is 67.2 Å². The highest BCUT2D eigenvalue weighted by atomic mass is 32.2. The van der Waals surface area contributed by atoms with Gasteiger partial charge in [-0.15, -0.1) is 19.7 Å². The average molecular weight is 881 g/mol. The summed E-state index contributed by atoms with van der Waals surface area (Å²) in [6.07, 6.45) is 0. The first-order valence-corrected chi connectivity index (χ1v) is 19.4. The number of carboxylic acid groups (broad SMARTS) is 3. The monoisotopic (exact) mass is 880 g/mol. The number of phenols is 1. The van der Waals surface area contributed by atoms with Gasteiger partial charge in [-0.05, 0) is 78.2 Å². The highest BCUT2D eigenvalue weighted by Gasteiger charge is 2.41. The second-order valence-electron chi connectivity index (χ2n) is 12.7. The third kappa shape index (κ3) is 8.84. The van der Waals surface area contributed by atoms with E-state index in [1.807, 2.05) is 0 Å². The van der Waals surface area contributed by atoms with Crippen LogP contribution >= 0.6 is 12.0 Å². The SMILES string of the molecule is O=C(O)C1=NN(c2ccccc2)C(=O)C1N=Nc1ccc2cc(SOOO)c(N=Nc3ccc(N=Nc4cc(C(=O)O)cc(C(=O)O)c4)c4ccc(S(=O)(=O)O)cc34)c(O)c2c1. The van der Waals surface area contributed by atoms with Gasteiger partial charge in [0.15, 0.2) is 11.5 Å². The quantitative estimate of drug-likeness (QED) is 0.0196. The number of aromatic hydroxyl groups is 1. The Balaban J connectivity index is 1.27. The molecule has 1 atom stereocenters. The van der Waals surface area contributed by atoms with Gasteiger partial charge in [0.25, 0.3) is 16.0 Å². The van der Waals surface area contributed by atoms with Crippen LogP contribution in [0.4, 0.5) is 34.1 Å². The lowest BCUT2D eigenvalue weighted by Crippen LogP contribution is -2.32. The van der Waals surface area contributed by atoms with Gasteiger partial charge in [-0.25, -0.2) is 19.6 Å². The van der Waals surface area contributed by atoms with E-state index in [9.17, 15) is 52.6 Å². The van der Waals surface area contributed by atoms with Gasteiger partial charge >= 0.3 is 17.9 Å². The van der Waals surface area contributed by atoms with Crippen LogP contribution < -0.4 is 5.01 Å². The Morgan fingerprint density at radius 1 is 0.710 bits per heavy atom. The number of para-hydroxylation sites is 1. The molecule has 0 bridgehead atoms. The van der Waals surface area contributed by atoms with E-state index in [0.717, 1.165) is 35.3 Å². The Bertz CT molecular complexity index is 3060. The van der Waals surface area contributed by atoms with Crippen LogP contribution in [0.2, 0.25) is 0 Å². The number of phenolic OH excluding ortho intramolecular Hbond substituents is 1. The van der Waals surface area contributed by atoms with Crippen LogP contribution in [0.25, 0.3) is 21.5 Å². The largest absolute Gasteiger partial charge is 0.505 e. The molecule has 22 nitrogen and oxygen atoms in total. The lowest BCUT2D eigenvalue weighted by molar-refractivity contribution is -0.432. The summed E-state index contributed by atoms with van der Waals surface area (Å²) in [6.45, 7) is 0. The summed E-state index contributed by atoms with van der Waals surface area (Å²) in [7, 11) is -4.77. The number of nitrogens with zero attached hydrogens (tertiary/aromatic N) is 8. The van der Waals surface area contributed by atoms with Crippen LogP contribution in [0.5, 0.6) is 5.75 Å². The molecule has 1 amide bonds. The number of carbonyl (C=O) groups is 4. The van der Waals surface area contributed by atoms with Crippen molar-refractivity contribution in [2.45, 2.75) is 15.8 Å². The van der Waals surface area contributed by atoms with Gasteiger partial charge in [0, 0.05) is 16.2 Å². The lowest BCUT2D eigenvalue weighted by atomic mass is 10.1. The zero-order chi connectivity index (χ0) is 44.3. The van der Waals surface area contributed by atoms with Crippen molar-refractivity contribution in [2.75, 3.05) is 5.01 Å². The average Bonchev–Trinajstić information content (AvgIpc) is 3.59. The number of fused-ring (bicyclic) bond motifs is 2. The zero-order valence-corrected chi connectivity index (χ0v) is 32.4. The van der Waals surface area contributed by atoms with Crippen molar-refractivity contribution in [3.8, 4) is 5.75 Å². The lowest BCUT2D eigenvalue weighted by Gasteiger charge is -2.11. The molecule has 62 heavy (non-hydrogen) atoms. The molecule has 1 aliphatic rings. The van der Waals surface area contributed by atoms with Crippen LogP contribution in [-0.2, 0) is 29.1 Å². The molecular weight excluding hydrogens is 857 g/mol. The molecule has 1 unspecified atom stereocenters. The molecule has 0 aromatic heterocycles. The van der Waals surface area contributed by atoms with Crippen LogP contribution in [0, 0.1) is 0 Å². The number of aromatic carboxylic acids is 2. The Morgan fingerprint density at radius 2 is 1.39 bits per heavy atom. The highest BCUT2D eigenvalue weighted by molar-refractivity contribution is 7.94. The van der Waals surface area contributed by atoms with Crippen molar-refractivity contribution in [2.24, 2.45) is 35.8 Å². The molecule has 0 spiro atoms.